The minimum Gasteiger partial charge on any atom is -0.313 e. The maximum Gasteiger partial charge on any atom is 0.0534 e. The Bertz CT molecular complexity index is 793. The molecule has 0 atom stereocenters. The first-order chi connectivity index (χ1) is 11.2. The van der Waals surface area contributed by atoms with Gasteiger partial charge in [0.25, 0.3) is 0 Å². The number of allylic oxidation sites excluding steroid dienone is 1. The highest BCUT2D eigenvalue weighted by molar-refractivity contribution is 5.87. The summed E-state index contributed by atoms with van der Waals surface area (Å²) in [6, 6.07) is 19.5. The third-order valence-electron chi connectivity index (χ3n) is 4.30. The number of aryl methyl sites for hydroxylation is 1. The van der Waals surface area contributed by atoms with Crippen LogP contribution in [0, 0.1) is 5.92 Å². The number of para-hydroxylation sites is 2. The molecular weight excluding hydrogens is 278 g/mol. The van der Waals surface area contributed by atoms with Crippen molar-refractivity contribution in [1.29, 1.82) is 0 Å². The van der Waals surface area contributed by atoms with E-state index in [2.05, 4.69) is 79.6 Å². The second-order valence-corrected chi connectivity index (χ2v) is 6.54. The predicted octanol–water partition coefficient (Wildman–Crippen LogP) is 5.95. The van der Waals surface area contributed by atoms with Gasteiger partial charge in [-0.3, -0.25) is 0 Å². The van der Waals surface area contributed by atoms with Crippen molar-refractivity contribution < 1.29 is 0 Å². The SMILES string of the molecule is C=CCCc1c(CC(C)C)n(-c2ccccc2)c2ccccc12. The van der Waals surface area contributed by atoms with Crippen molar-refractivity contribution in [2.45, 2.75) is 33.1 Å². The number of rotatable bonds is 6. The van der Waals surface area contributed by atoms with Gasteiger partial charge in [-0.2, -0.15) is 0 Å². The standard InChI is InChI=1S/C22H25N/c1-4-5-13-20-19-14-9-10-15-21(19)23(22(20)16-17(2)3)18-11-7-6-8-12-18/h4,6-12,14-15,17H,1,5,13,16H2,2-3H3. The summed E-state index contributed by atoms with van der Waals surface area (Å²) >= 11 is 0. The Labute approximate surface area is 139 Å². The summed E-state index contributed by atoms with van der Waals surface area (Å²) in [4.78, 5) is 0. The molecule has 1 aromatic heterocycles. The van der Waals surface area contributed by atoms with Crippen LogP contribution in [0.5, 0.6) is 0 Å². The molecule has 0 saturated carbocycles. The second kappa shape index (κ2) is 6.87. The van der Waals surface area contributed by atoms with E-state index in [0.717, 1.165) is 19.3 Å². The van der Waals surface area contributed by atoms with Crippen LogP contribution < -0.4 is 0 Å². The van der Waals surface area contributed by atoms with Crippen LogP contribution in [0.15, 0.2) is 67.3 Å². The minimum absolute atomic E-state index is 0.629. The van der Waals surface area contributed by atoms with Gasteiger partial charge in [-0.1, -0.05) is 56.3 Å². The Balaban J connectivity index is 2.29. The van der Waals surface area contributed by atoms with Gasteiger partial charge in [0, 0.05) is 16.8 Å². The van der Waals surface area contributed by atoms with Crippen LogP contribution in [0.1, 0.15) is 31.5 Å². The molecule has 1 nitrogen and oxygen atoms in total. The smallest absolute Gasteiger partial charge is 0.0534 e. The quantitative estimate of drug-likeness (QED) is 0.496. The average molecular weight is 303 g/mol. The zero-order chi connectivity index (χ0) is 16.2. The highest BCUT2D eigenvalue weighted by Crippen LogP contribution is 2.32. The maximum absolute atomic E-state index is 3.90. The van der Waals surface area contributed by atoms with Crippen molar-refractivity contribution in [2.75, 3.05) is 0 Å². The number of fused-ring (bicyclic) bond motifs is 1. The zero-order valence-corrected chi connectivity index (χ0v) is 14.1. The van der Waals surface area contributed by atoms with Crippen LogP contribution in [0.3, 0.4) is 0 Å². The molecule has 0 aliphatic carbocycles. The number of nitrogens with zero attached hydrogens (tertiary/aromatic N) is 1. The van der Waals surface area contributed by atoms with Gasteiger partial charge >= 0.3 is 0 Å². The normalized spacial score (nSPS) is 11.3. The van der Waals surface area contributed by atoms with Gasteiger partial charge in [0.15, 0.2) is 0 Å². The van der Waals surface area contributed by atoms with Crippen LogP contribution in [-0.4, -0.2) is 4.57 Å². The van der Waals surface area contributed by atoms with Crippen molar-refractivity contribution in [2.24, 2.45) is 5.92 Å². The largest absolute Gasteiger partial charge is 0.313 e. The van der Waals surface area contributed by atoms with E-state index in [9.17, 15) is 0 Å². The molecule has 1 heterocycles. The highest BCUT2D eigenvalue weighted by Gasteiger charge is 2.18. The van der Waals surface area contributed by atoms with Crippen LogP contribution in [0.25, 0.3) is 16.6 Å². The fraction of sp³-hybridized carbons (Fsp3) is 0.273. The zero-order valence-electron chi connectivity index (χ0n) is 14.1. The van der Waals surface area contributed by atoms with Gasteiger partial charge in [0.05, 0.1) is 5.52 Å². The molecule has 3 rings (SSSR count). The third kappa shape index (κ3) is 3.10. The van der Waals surface area contributed by atoms with E-state index in [4.69, 9.17) is 0 Å². The van der Waals surface area contributed by atoms with E-state index in [0.29, 0.717) is 5.92 Å². The molecule has 3 aromatic rings. The fourth-order valence-corrected chi connectivity index (χ4v) is 3.36. The topological polar surface area (TPSA) is 4.93 Å². The van der Waals surface area contributed by atoms with Gasteiger partial charge in [-0.25, -0.2) is 0 Å². The van der Waals surface area contributed by atoms with Crippen LogP contribution in [0.4, 0.5) is 0 Å². The van der Waals surface area contributed by atoms with Gasteiger partial charge in [-0.05, 0) is 48.9 Å². The molecule has 23 heavy (non-hydrogen) atoms. The summed E-state index contributed by atoms with van der Waals surface area (Å²) in [5.41, 5.74) is 5.50. The third-order valence-corrected chi connectivity index (χ3v) is 4.30. The molecule has 1 heteroatoms. The van der Waals surface area contributed by atoms with Crippen molar-refractivity contribution in [3.8, 4) is 5.69 Å². The lowest BCUT2D eigenvalue weighted by Gasteiger charge is -2.14. The molecular formula is C22H25N. The van der Waals surface area contributed by atoms with Crippen LogP contribution in [0.2, 0.25) is 0 Å². The number of hydrogen-bond acceptors (Lipinski definition) is 0. The lowest BCUT2D eigenvalue weighted by molar-refractivity contribution is 0.624. The van der Waals surface area contributed by atoms with E-state index in [1.54, 1.807) is 0 Å². The molecule has 0 saturated heterocycles. The van der Waals surface area contributed by atoms with Crippen molar-refractivity contribution in [3.63, 3.8) is 0 Å². The lowest BCUT2D eigenvalue weighted by atomic mass is 9.99. The highest BCUT2D eigenvalue weighted by atomic mass is 15.0. The number of benzene rings is 2. The molecule has 0 bridgehead atoms. The van der Waals surface area contributed by atoms with E-state index < -0.39 is 0 Å². The first kappa shape index (κ1) is 15.6. The summed E-state index contributed by atoms with van der Waals surface area (Å²) in [6.45, 7) is 8.50. The molecule has 0 aliphatic rings. The van der Waals surface area contributed by atoms with E-state index in [1.165, 1.54) is 27.8 Å². The molecule has 0 amide bonds. The number of hydrogen-bond donors (Lipinski definition) is 0. The summed E-state index contributed by atoms with van der Waals surface area (Å²) in [5.74, 6) is 0.629. The molecule has 0 spiro atoms. The Morgan fingerprint density at radius 1 is 1.00 bits per heavy atom. The first-order valence-corrected chi connectivity index (χ1v) is 8.50. The molecule has 0 fully saturated rings. The van der Waals surface area contributed by atoms with Gasteiger partial charge in [-0.15, -0.1) is 6.58 Å². The van der Waals surface area contributed by atoms with E-state index >= 15 is 0 Å². The van der Waals surface area contributed by atoms with Gasteiger partial charge < -0.3 is 4.57 Å². The Hall–Kier alpha value is -2.28. The van der Waals surface area contributed by atoms with E-state index in [1.807, 2.05) is 6.08 Å². The molecule has 0 radical (unpaired) electrons. The average Bonchev–Trinajstić information content (AvgIpc) is 2.86. The van der Waals surface area contributed by atoms with Crippen molar-refractivity contribution in [1.82, 2.24) is 4.57 Å². The van der Waals surface area contributed by atoms with Crippen LogP contribution in [-0.2, 0) is 12.8 Å². The second-order valence-electron chi connectivity index (χ2n) is 6.54. The summed E-state index contributed by atoms with van der Waals surface area (Å²) in [6.07, 6.45) is 5.20. The van der Waals surface area contributed by atoms with Crippen molar-refractivity contribution >= 4 is 10.9 Å². The fourth-order valence-electron chi connectivity index (χ4n) is 3.36. The molecule has 118 valence electrons. The molecule has 0 aliphatic heterocycles. The molecule has 2 aromatic carbocycles. The summed E-state index contributed by atoms with van der Waals surface area (Å²) in [5, 5.41) is 1.38. The Kier molecular flexibility index (Phi) is 4.66. The molecule has 0 N–H and O–H groups in total. The van der Waals surface area contributed by atoms with Crippen LogP contribution >= 0.6 is 0 Å². The lowest BCUT2D eigenvalue weighted by Crippen LogP contribution is -2.06. The Morgan fingerprint density at radius 3 is 2.39 bits per heavy atom. The summed E-state index contributed by atoms with van der Waals surface area (Å²) in [7, 11) is 0. The first-order valence-electron chi connectivity index (χ1n) is 8.50. The Morgan fingerprint density at radius 2 is 1.70 bits per heavy atom. The predicted molar refractivity (Wildman–Crippen MR) is 100 cm³/mol. The molecule has 0 unspecified atom stereocenters. The number of aromatic nitrogens is 1. The maximum atomic E-state index is 3.90. The minimum atomic E-state index is 0.629. The van der Waals surface area contributed by atoms with Gasteiger partial charge in [0.2, 0.25) is 0 Å². The van der Waals surface area contributed by atoms with Crippen molar-refractivity contribution in [3.05, 3.63) is 78.5 Å². The monoisotopic (exact) mass is 303 g/mol. The van der Waals surface area contributed by atoms with E-state index in [-0.39, 0.29) is 0 Å². The van der Waals surface area contributed by atoms with Gasteiger partial charge in [0.1, 0.15) is 0 Å². The summed E-state index contributed by atoms with van der Waals surface area (Å²) < 4.78 is 2.45.